The maximum atomic E-state index is 12.3. The smallest absolute Gasteiger partial charge is 0.410 e. The van der Waals surface area contributed by atoms with Crippen molar-refractivity contribution < 1.29 is 24.2 Å². The minimum atomic E-state index is -0.894. The van der Waals surface area contributed by atoms with Crippen molar-refractivity contribution in [2.75, 3.05) is 19.7 Å². The Morgan fingerprint density at radius 2 is 1.88 bits per heavy atom. The standard InChI is InChI=1S/C20H29NO5/c1-5-12-25-15-8-6-14(7-9-15)16-10-11-21(13-17(16)18(22)23)19(24)26-20(2,3)4/h6-9,16-17H,5,10-13H2,1-4H3,(H,22,23)/t16-,17+/m1/s1. The summed E-state index contributed by atoms with van der Waals surface area (Å²) in [6.07, 6.45) is 1.07. The number of carbonyl (C=O) groups is 2. The summed E-state index contributed by atoms with van der Waals surface area (Å²) in [4.78, 5) is 25.6. The first-order valence-corrected chi connectivity index (χ1v) is 9.14. The number of benzene rings is 1. The van der Waals surface area contributed by atoms with E-state index in [4.69, 9.17) is 9.47 Å². The third kappa shape index (κ3) is 5.38. The van der Waals surface area contributed by atoms with Crippen LogP contribution in [0.3, 0.4) is 0 Å². The number of hydrogen-bond acceptors (Lipinski definition) is 4. The third-order valence-corrected chi connectivity index (χ3v) is 4.36. The molecule has 1 aromatic carbocycles. The van der Waals surface area contributed by atoms with Crippen LogP contribution in [-0.4, -0.2) is 47.4 Å². The second-order valence-electron chi connectivity index (χ2n) is 7.68. The lowest BCUT2D eigenvalue weighted by Gasteiger charge is -2.37. The molecule has 0 aliphatic carbocycles. The Morgan fingerprint density at radius 1 is 1.23 bits per heavy atom. The van der Waals surface area contributed by atoms with Crippen molar-refractivity contribution in [1.29, 1.82) is 0 Å². The molecule has 2 rings (SSSR count). The minimum absolute atomic E-state index is 0.133. The number of piperidine rings is 1. The molecule has 0 unspecified atom stereocenters. The van der Waals surface area contributed by atoms with Crippen molar-refractivity contribution in [1.82, 2.24) is 4.90 Å². The van der Waals surface area contributed by atoms with Crippen LogP contribution in [0.1, 0.15) is 52.0 Å². The van der Waals surface area contributed by atoms with E-state index < -0.39 is 23.6 Å². The second-order valence-corrected chi connectivity index (χ2v) is 7.68. The molecule has 0 saturated carbocycles. The molecule has 1 amide bonds. The highest BCUT2D eigenvalue weighted by molar-refractivity contribution is 5.74. The zero-order valence-corrected chi connectivity index (χ0v) is 16.0. The van der Waals surface area contributed by atoms with Crippen LogP contribution in [0.4, 0.5) is 4.79 Å². The van der Waals surface area contributed by atoms with E-state index in [0.29, 0.717) is 19.6 Å². The van der Waals surface area contributed by atoms with Crippen molar-refractivity contribution in [3.8, 4) is 5.75 Å². The lowest BCUT2D eigenvalue weighted by Crippen LogP contribution is -2.47. The minimum Gasteiger partial charge on any atom is -0.494 e. The van der Waals surface area contributed by atoms with Gasteiger partial charge < -0.3 is 19.5 Å². The Kier molecular flexibility index (Phi) is 6.51. The highest BCUT2D eigenvalue weighted by atomic mass is 16.6. The number of hydrogen-bond donors (Lipinski definition) is 1. The van der Waals surface area contributed by atoms with Crippen molar-refractivity contribution in [2.45, 2.75) is 52.1 Å². The SMILES string of the molecule is CCCOc1ccc([C@H]2CCN(C(=O)OC(C)(C)C)C[C@@H]2C(=O)O)cc1. The molecule has 1 aromatic rings. The predicted octanol–water partition coefficient (Wildman–Crippen LogP) is 3.90. The lowest BCUT2D eigenvalue weighted by molar-refractivity contribution is -0.144. The van der Waals surface area contributed by atoms with Gasteiger partial charge in [0, 0.05) is 19.0 Å². The summed E-state index contributed by atoms with van der Waals surface area (Å²) in [6.45, 7) is 8.74. The number of likely N-dealkylation sites (tertiary alicyclic amines) is 1. The van der Waals surface area contributed by atoms with E-state index in [1.807, 2.05) is 31.2 Å². The topological polar surface area (TPSA) is 76.1 Å². The van der Waals surface area contributed by atoms with Gasteiger partial charge in [0.05, 0.1) is 12.5 Å². The van der Waals surface area contributed by atoms with Gasteiger partial charge in [-0.15, -0.1) is 0 Å². The molecule has 1 heterocycles. The molecule has 2 atom stereocenters. The molecular formula is C20H29NO5. The van der Waals surface area contributed by atoms with Gasteiger partial charge in [-0.2, -0.15) is 0 Å². The Morgan fingerprint density at radius 3 is 2.42 bits per heavy atom. The van der Waals surface area contributed by atoms with Gasteiger partial charge in [0.15, 0.2) is 0 Å². The van der Waals surface area contributed by atoms with Crippen molar-refractivity contribution in [3.05, 3.63) is 29.8 Å². The lowest BCUT2D eigenvalue weighted by atomic mass is 9.80. The van der Waals surface area contributed by atoms with E-state index in [1.165, 1.54) is 4.90 Å². The molecule has 6 nitrogen and oxygen atoms in total. The van der Waals surface area contributed by atoms with Gasteiger partial charge in [0.1, 0.15) is 11.4 Å². The molecule has 0 aromatic heterocycles. The maximum absolute atomic E-state index is 12.3. The summed E-state index contributed by atoms with van der Waals surface area (Å²) < 4.78 is 11.0. The van der Waals surface area contributed by atoms with Crippen molar-refractivity contribution in [3.63, 3.8) is 0 Å². The quantitative estimate of drug-likeness (QED) is 0.858. The molecule has 0 bridgehead atoms. The number of rotatable bonds is 5. The van der Waals surface area contributed by atoms with Crippen LogP contribution < -0.4 is 4.74 Å². The fourth-order valence-electron chi connectivity index (χ4n) is 3.12. The first kappa shape index (κ1) is 20.1. The van der Waals surface area contributed by atoms with E-state index in [0.717, 1.165) is 17.7 Å². The predicted molar refractivity (Wildman–Crippen MR) is 98.5 cm³/mol. The molecule has 1 aliphatic heterocycles. The highest BCUT2D eigenvalue weighted by Crippen LogP contribution is 2.34. The van der Waals surface area contributed by atoms with Gasteiger partial charge in [-0.25, -0.2) is 4.79 Å². The normalized spacial score (nSPS) is 20.5. The average Bonchev–Trinajstić information content (AvgIpc) is 2.58. The Bertz CT molecular complexity index is 620. The third-order valence-electron chi connectivity index (χ3n) is 4.36. The second kappa shape index (κ2) is 8.43. The van der Waals surface area contributed by atoms with Crippen molar-refractivity contribution in [2.24, 2.45) is 5.92 Å². The number of aliphatic carboxylic acids is 1. The number of carbonyl (C=O) groups excluding carboxylic acids is 1. The molecule has 1 fully saturated rings. The molecule has 1 saturated heterocycles. The van der Waals surface area contributed by atoms with Crippen LogP contribution in [0, 0.1) is 5.92 Å². The Hall–Kier alpha value is -2.24. The van der Waals surface area contributed by atoms with Gasteiger partial charge >= 0.3 is 12.1 Å². The average molecular weight is 363 g/mol. The summed E-state index contributed by atoms with van der Waals surface area (Å²) in [7, 11) is 0. The number of nitrogens with zero attached hydrogens (tertiary/aromatic N) is 1. The van der Waals surface area contributed by atoms with Gasteiger partial charge in [-0.05, 0) is 51.3 Å². The van der Waals surface area contributed by atoms with Gasteiger partial charge in [0.2, 0.25) is 0 Å². The first-order chi connectivity index (χ1) is 12.2. The van der Waals surface area contributed by atoms with Crippen LogP contribution in [0.5, 0.6) is 5.75 Å². The summed E-state index contributed by atoms with van der Waals surface area (Å²) in [5.41, 5.74) is 0.367. The zero-order chi connectivity index (χ0) is 19.3. The van der Waals surface area contributed by atoms with Crippen LogP contribution in [-0.2, 0) is 9.53 Å². The van der Waals surface area contributed by atoms with Crippen LogP contribution in [0.15, 0.2) is 24.3 Å². The maximum Gasteiger partial charge on any atom is 0.410 e. The van der Waals surface area contributed by atoms with Gasteiger partial charge in [-0.1, -0.05) is 19.1 Å². The molecule has 6 heteroatoms. The van der Waals surface area contributed by atoms with E-state index in [1.54, 1.807) is 20.8 Å². The summed E-state index contributed by atoms with van der Waals surface area (Å²) in [5, 5.41) is 9.67. The highest BCUT2D eigenvalue weighted by Gasteiger charge is 2.38. The van der Waals surface area contributed by atoms with Crippen LogP contribution in [0.25, 0.3) is 0 Å². The monoisotopic (exact) mass is 363 g/mol. The molecule has 26 heavy (non-hydrogen) atoms. The van der Waals surface area contributed by atoms with E-state index in [9.17, 15) is 14.7 Å². The summed E-state index contributed by atoms with van der Waals surface area (Å²) in [5.74, 6) is -0.895. The van der Waals surface area contributed by atoms with Crippen molar-refractivity contribution >= 4 is 12.1 Å². The van der Waals surface area contributed by atoms with Gasteiger partial charge in [0.25, 0.3) is 0 Å². The number of carboxylic acids is 1. The summed E-state index contributed by atoms with van der Waals surface area (Å²) >= 11 is 0. The fraction of sp³-hybridized carbons (Fsp3) is 0.600. The molecule has 1 aliphatic rings. The molecule has 0 radical (unpaired) electrons. The Balaban J connectivity index is 2.08. The van der Waals surface area contributed by atoms with Crippen LogP contribution in [0.2, 0.25) is 0 Å². The van der Waals surface area contributed by atoms with Gasteiger partial charge in [-0.3, -0.25) is 4.79 Å². The van der Waals surface area contributed by atoms with E-state index >= 15 is 0 Å². The molecule has 0 spiro atoms. The fourth-order valence-corrected chi connectivity index (χ4v) is 3.12. The summed E-state index contributed by atoms with van der Waals surface area (Å²) in [6, 6.07) is 7.61. The number of carboxylic acid groups (broad SMARTS) is 1. The number of amides is 1. The van der Waals surface area contributed by atoms with E-state index in [2.05, 4.69) is 0 Å². The largest absolute Gasteiger partial charge is 0.494 e. The Labute approximate surface area is 155 Å². The number of ether oxygens (including phenoxy) is 2. The molecule has 1 N–H and O–H groups in total. The van der Waals surface area contributed by atoms with Crippen LogP contribution >= 0.6 is 0 Å². The zero-order valence-electron chi connectivity index (χ0n) is 16.0. The first-order valence-electron chi connectivity index (χ1n) is 9.14. The molecule has 144 valence electrons. The van der Waals surface area contributed by atoms with E-state index in [-0.39, 0.29) is 12.5 Å². The molecular weight excluding hydrogens is 334 g/mol.